The van der Waals surface area contributed by atoms with Gasteiger partial charge in [-0.3, -0.25) is 4.79 Å². The smallest absolute Gasteiger partial charge is 0.342 e. The molecule has 1 heterocycles. The number of hydrogen-bond donors (Lipinski definition) is 0. The Kier molecular flexibility index (Phi) is 5.74. The molecule has 0 aliphatic carbocycles. The zero-order valence-corrected chi connectivity index (χ0v) is 15.8. The topological polar surface area (TPSA) is 79.7 Å². The Hall–Kier alpha value is -3.61. The molecule has 144 valence electrons. The molecule has 0 radical (unpaired) electrons. The summed E-state index contributed by atoms with van der Waals surface area (Å²) in [6, 6.07) is 14.3. The van der Waals surface area contributed by atoms with Gasteiger partial charge >= 0.3 is 5.97 Å². The van der Waals surface area contributed by atoms with Crippen molar-refractivity contribution in [2.45, 2.75) is 6.92 Å². The quantitative estimate of drug-likeness (QED) is 0.462. The van der Waals surface area contributed by atoms with Gasteiger partial charge in [-0.2, -0.15) is 5.10 Å². The molecule has 3 aromatic rings. The lowest BCUT2D eigenvalue weighted by atomic mass is 10.1. The van der Waals surface area contributed by atoms with E-state index in [4.69, 9.17) is 14.2 Å². The fourth-order valence-corrected chi connectivity index (χ4v) is 2.76. The number of aromatic nitrogens is 2. The maximum Gasteiger partial charge on any atom is 0.342 e. The minimum Gasteiger partial charge on any atom is -0.497 e. The molecule has 7 heteroatoms. The summed E-state index contributed by atoms with van der Waals surface area (Å²) < 4.78 is 17.2. The third kappa shape index (κ3) is 3.88. The molecule has 0 fully saturated rings. The van der Waals surface area contributed by atoms with Crippen LogP contribution < -0.4 is 9.47 Å². The molecule has 0 unspecified atom stereocenters. The van der Waals surface area contributed by atoms with Gasteiger partial charge in [0.2, 0.25) is 5.78 Å². The van der Waals surface area contributed by atoms with Gasteiger partial charge in [-0.15, -0.1) is 0 Å². The van der Waals surface area contributed by atoms with Crippen LogP contribution in [0.1, 0.15) is 26.4 Å². The first-order valence-corrected chi connectivity index (χ1v) is 8.57. The maximum atomic E-state index is 12.5. The van der Waals surface area contributed by atoms with Gasteiger partial charge in [0.1, 0.15) is 17.1 Å². The first-order valence-electron chi connectivity index (χ1n) is 8.57. The van der Waals surface area contributed by atoms with Gasteiger partial charge in [0.15, 0.2) is 6.61 Å². The van der Waals surface area contributed by atoms with Crippen LogP contribution in [0, 0.1) is 6.92 Å². The van der Waals surface area contributed by atoms with Crippen molar-refractivity contribution in [3.63, 3.8) is 0 Å². The minimum absolute atomic E-state index is 0.284. The zero-order chi connectivity index (χ0) is 20.1. The number of carbonyl (C=O) groups is 2. The van der Waals surface area contributed by atoms with E-state index in [9.17, 15) is 9.59 Å². The lowest BCUT2D eigenvalue weighted by Crippen LogP contribution is -2.15. The highest BCUT2D eigenvalue weighted by Gasteiger charge is 2.20. The molecule has 0 atom stereocenters. The van der Waals surface area contributed by atoms with Crippen LogP contribution in [-0.2, 0) is 4.74 Å². The number of methoxy groups -OCH3 is 2. The third-order valence-electron chi connectivity index (χ3n) is 4.27. The number of benzene rings is 2. The lowest BCUT2D eigenvalue weighted by molar-refractivity contribution is 0.0473. The first-order chi connectivity index (χ1) is 13.5. The third-order valence-corrected chi connectivity index (χ3v) is 4.27. The molecule has 7 nitrogen and oxygen atoms in total. The van der Waals surface area contributed by atoms with Gasteiger partial charge in [-0.05, 0) is 37.3 Å². The minimum atomic E-state index is -0.616. The van der Waals surface area contributed by atoms with Gasteiger partial charge in [0.25, 0.3) is 0 Å². The van der Waals surface area contributed by atoms with Gasteiger partial charge < -0.3 is 14.2 Å². The Labute approximate surface area is 162 Å². The SMILES string of the molecule is COc1ccc(OC)c(C(=O)COC(=O)c2cnn(-c3ccccc3)c2C)c1. The summed E-state index contributed by atoms with van der Waals surface area (Å²) in [5.41, 5.74) is 2.04. The van der Waals surface area contributed by atoms with Crippen molar-refractivity contribution in [2.75, 3.05) is 20.8 Å². The fraction of sp³-hybridized carbons (Fsp3) is 0.190. The predicted octanol–water partition coefficient (Wildman–Crippen LogP) is 3.24. The summed E-state index contributed by atoms with van der Waals surface area (Å²) in [6.45, 7) is 1.35. The second kappa shape index (κ2) is 8.39. The van der Waals surface area contributed by atoms with Gasteiger partial charge in [-0.1, -0.05) is 18.2 Å². The molecule has 0 bridgehead atoms. The van der Waals surface area contributed by atoms with Crippen molar-refractivity contribution < 1.29 is 23.8 Å². The van der Waals surface area contributed by atoms with Crippen LogP contribution in [0.2, 0.25) is 0 Å². The Morgan fingerprint density at radius 2 is 1.75 bits per heavy atom. The summed E-state index contributed by atoms with van der Waals surface area (Å²) >= 11 is 0. The number of nitrogens with zero attached hydrogens (tertiary/aromatic N) is 2. The van der Waals surface area contributed by atoms with E-state index < -0.39 is 18.4 Å². The Bertz CT molecular complexity index is 995. The Morgan fingerprint density at radius 1 is 1.00 bits per heavy atom. The average molecular weight is 380 g/mol. The molecule has 2 aromatic carbocycles. The number of esters is 1. The molecule has 0 aliphatic heterocycles. The molecular weight excluding hydrogens is 360 g/mol. The van der Waals surface area contributed by atoms with Crippen molar-refractivity contribution in [3.05, 3.63) is 71.5 Å². The molecule has 0 saturated heterocycles. The summed E-state index contributed by atoms with van der Waals surface area (Å²) in [4.78, 5) is 24.9. The van der Waals surface area contributed by atoms with Gasteiger partial charge in [0.05, 0.1) is 37.4 Å². The van der Waals surface area contributed by atoms with E-state index in [2.05, 4.69) is 5.10 Å². The van der Waals surface area contributed by atoms with E-state index in [1.807, 2.05) is 30.3 Å². The molecule has 0 spiro atoms. The number of rotatable bonds is 7. The number of ketones is 1. The first kappa shape index (κ1) is 19.2. The van der Waals surface area contributed by atoms with E-state index in [0.29, 0.717) is 22.8 Å². The van der Waals surface area contributed by atoms with Crippen LogP contribution in [0.25, 0.3) is 5.69 Å². The van der Waals surface area contributed by atoms with E-state index in [0.717, 1.165) is 5.69 Å². The maximum absolute atomic E-state index is 12.5. The summed E-state index contributed by atoms with van der Waals surface area (Å²) in [6.07, 6.45) is 1.43. The summed E-state index contributed by atoms with van der Waals surface area (Å²) in [5.74, 6) is -0.113. The fourth-order valence-electron chi connectivity index (χ4n) is 2.76. The van der Waals surface area contributed by atoms with Crippen molar-refractivity contribution in [3.8, 4) is 17.2 Å². The van der Waals surface area contributed by atoms with Crippen molar-refractivity contribution >= 4 is 11.8 Å². The molecular formula is C21H20N2O5. The number of para-hydroxylation sites is 1. The monoisotopic (exact) mass is 380 g/mol. The Balaban J connectivity index is 1.73. The number of Topliss-reactive ketones (excluding diaryl/α,β-unsaturated/α-hetero) is 1. The van der Waals surface area contributed by atoms with E-state index >= 15 is 0 Å². The predicted molar refractivity (Wildman–Crippen MR) is 102 cm³/mol. The van der Waals surface area contributed by atoms with Crippen LogP contribution in [0.5, 0.6) is 11.5 Å². The number of carbonyl (C=O) groups excluding carboxylic acids is 2. The van der Waals surface area contributed by atoms with Crippen LogP contribution in [0.3, 0.4) is 0 Å². The molecule has 3 rings (SSSR count). The summed E-state index contributed by atoms with van der Waals surface area (Å²) in [5, 5.41) is 4.24. The second-order valence-corrected chi connectivity index (χ2v) is 5.96. The second-order valence-electron chi connectivity index (χ2n) is 5.96. The van der Waals surface area contributed by atoms with E-state index in [-0.39, 0.29) is 5.56 Å². The molecule has 0 saturated carbocycles. The molecule has 0 N–H and O–H groups in total. The van der Waals surface area contributed by atoms with E-state index in [1.165, 1.54) is 20.4 Å². The van der Waals surface area contributed by atoms with Gasteiger partial charge in [-0.25, -0.2) is 9.48 Å². The molecule has 0 amide bonds. The highest BCUT2D eigenvalue weighted by molar-refractivity contribution is 6.01. The van der Waals surface area contributed by atoms with Crippen molar-refractivity contribution in [1.29, 1.82) is 0 Å². The van der Waals surface area contributed by atoms with E-state index in [1.54, 1.807) is 29.8 Å². The standard InChI is InChI=1S/C21H20N2O5/c1-14-18(12-22-23(14)15-7-5-4-6-8-15)21(25)28-13-19(24)17-11-16(26-2)9-10-20(17)27-3/h4-12H,13H2,1-3H3. The molecule has 0 aliphatic rings. The summed E-state index contributed by atoms with van der Waals surface area (Å²) in [7, 11) is 2.97. The number of hydrogen-bond acceptors (Lipinski definition) is 6. The molecule has 1 aromatic heterocycles. The number of ether oxygens (including phenoxy) is 3. The largest absolute Gasteiger partial charge is 0.497 e. The van der Waals surface area contributed by atoms with Crippen LogP contribution in [0.4, 0.5) is 0 Å². The molecule has 28 heavy (non-hydrogen) atoms. The van der Waals surface area contributed by atoms with Crippen molar-refractivity contribution in [1.82, 2.24) is 9.78 Å². The normalized spacial score (nSPS) is 10.4. The Morgan fingerprint density at radius 3 is 2.43 bits per heavy atom. The van der Waals surface area contributed by atoms with Crippen LogP contribution in [0.15, 0.2) is 54.7 Å². The highest BCUT2D eigenvalue weighted by Crippen LogP contribution is 2.24. The zero-order valence-electron chi connectivity index (χ0n) is 15.8. The van der Waals surface area contributed by atoms with Crippen LogP contribution in [-0.4, -0.2) is 42.4 Å². The van der Waals surface area contributed by atoms with Crippen molar-refractivity contribution in [2.24, 2.45) is 0 Å². The van der Waals surface area contributed by atoms with Gasteiger partial charge in [0, 0.05) is 0 Å². The highest BCUT2D eigenvalue weighted by atomic mass is 16.5. The average Bonchev–Trinajstić information content (AvgIpc) is 3.13. The lowest BCUT2D eigenvalue weighted by Gasteiger charge is -2.10. The van der Waals surface area contributed by atoms with Crippen LogP contribution >= 0.6 is 0 Å².